The molecule has 1 fully saturated rings. The van der Waals surface area contributed by atoms with Crippen molar-refractivity contribution in [2.75, 3.05) is 0 Å². The van der Waals surface area contributed by atoms with E-state index in [2.05, 4.69) is 4.98 Å². The van der Waals surface area contributed by atoms with Crippen LogP contribution >= 0.6 is 0 Å². The third-order valence-corrected chi connectivity index (χ3v) is 3.45. The van der Waals surface area contributed by atoms with Crippen LogP contribution in [-0.2, 0) is 9.31 Å². The molecule has 1 aliphatic rings. The predicted octanol–water partition coefficient (Wildman–Crippen LogP) is 2.87. The Morgan fingerprint density at radius 2 is 1.78 bits per heavy atom. The van der Waals surface area contributed by atoms with Crippen molar-refractivity contribution in [2.24, 2.45) is 0 Å². The fourth-order valence-corrected chi connectivity index (χ4v) is 1.63. The Bertz CT molecular complexity index is 441. The van der Waals surface area contributed by atoms with Crippen LogP contribution < -0.4 is 0 Å². The molecule has 0 saturated carbocycles. The second-order valence-corrected chi connectivity index (χ2v) is 5.39. The van der Waals surface area contributed by atoms with Gasteiger partial charge in [0, 0.05) is 0 Å². The molecule has 1 saturated heterocycles. The lowest BCUT2D eigenvalue weighted by Crippen LogP contribution is -2.41. The lowest BCUT2D eigenvalue weighted by atomic mass is 9.90. The molecule has 0 atom stereocenters. The Morgan fingerprint density at radius 3 is 2.28 bits per heavy atom. The van der Waals surface area contributed by atoms with E-state index in [9.17, 15) is 4.39 Å². The summed E-state index contributed by atoms with van der Waals surface area (Å²) >= 11 is 0. The molecule has 0 bridgehead atoms. The molecule has 1 aromatic heterocycles. The molecule has 96 valence electrons. The summed E-state index contributed by atoms with van der Waals surface area (Å²) in [5.74, 6) is 1.44. The van der Waals surface area contributed by atoms with Crippen LogP contribution in [0.3, 0.4) is 0 Å². The lowest BCUT2D eigenvalue weighted by Gasteiger charge is -2.32. The monoisotopic (exact) mass is 249 g/mol. The summed E-state index contributed by atoms with van der Waals surface area (Å²) < 4.78 is 24.3. The van der Waals surface area contributed by atoms with Gasteiger partial charge in [0.15, 0.2) is 0 Å². The van der Waals surface area contributed by atoms with Gasteiger partial charge in [-0.05, 0) is 45.9 Å². The maximum atomic E-state index is 12.7. The van der Waals surface area contributed by atoms with Crippen LogP contribution in [0.25, 0.3) is 6.08 Å². The van der Waals surface area contributed by atoms with Crippen molar-refractivity contribution in [3.63, 3.8) is 0 Å². The van der Waals surface area contributed by atoms with Crippen LogP contribution in [0.5, 0.6) is 0 Å². The number of aromatic nitrogens is 1. The van der Waals surface area contributed by atoms with Crippen molar-refractivity contribution in [1.29, 1.82) is 0 Å². The summed E-state index contributed by atoms with van der Waals surface area (Å²) in [5.41, 5.74) is -0.0256. The van der Waals surface area contributed by atoms with Crippen LogP contribution in [0, 0.1) is 5.82 Å². The van der Waals surface area contributed by atoms with Crippen LogP contribution in [-0.4, -0.2) is 23.3 Å². The van der Waals surface area contributed by atoms with Gasteiger partial charge in [-0.1, -0.05) is 5.98 Å². The van der Waals surface area contributed by atoms with Gasteiger partial charge in [0.1, 0.15) is 5.82 Å². The highest BCUT2D eigenvalue weighted by atomic mass is 19.1. The van der Waals surface area contributed by atoms with Crippen molar-refractivity contribution in [3.05, 3.63) is 35.8 Å². The zero-order valence-electron chi connectivity index (χ0n) is 11.1. The normalized spacial score (nSPS) is 21.7. The van der Waals surface area contributed by atoms with Gasteiger partial charge in [-0.3, -0.25) is 4.98 Å². The van der Waals surface area contributed by atoms with Crippen LogP contribution in [0.2, 0.25) is 0 Å². The molecule has 0 radical (unpaired) electrons. The van der Waals surface area contributed by atoms with Crippen LogP contribution in [0.4, 0.5) is 4.39 Å². The molecule has 0 unspecified atom stereocenters. The summed E-state index contributed by atoms with van der Waals surface area (Å²) in [6.07, 6.45) is 2.95. The molecular formula is C13H17BFNO2. The van der Waals surface area contributed by atoms with E-state index in [1.165, 1.54) is 12.3 Å². The first-order chi connectivity index (χ1) is 8.30. The topological polar surface area (TPSA) is 31.4 Å². The van der Waals surface area contributed by atoms with Crippen molar-refractivity contribution in [3.8, 4) is 0 Å². The molecule has 0 spiro atoms. The first-order valence-electron chi connectivity index (χ1n) is 5.96. The summed E-state index contributed by atoms with van der Waals surface area (Å²) in [5, 5.41) is 0. The quantitative estimate of drug-likeness (QED) is 0.755. The van der Waals surface area contributed by atoms with Crippen LogP contribution in [0.15, 0.2) is 24.3 Å². The predicted molar refractivity (Wildman–Crippen MR) is 69.3 cm³/mol. The average molecular weight is 249 g/mol. The summed E-state index contributed by atoms with van der Waals surface area (Å²) in [4.78, 5) is 3.94. The largest absolute Gasteiger partial charge is 0.487 e. The minimum absolute atomic E-state index is 0.345. The molecule has 0 amide bonds. The van der Waals surface area contributed by atoms with Gasteiger partial charge < -0.3 is 9.31 Å². The maximum absolute atomic E-state index is 12.7. The number of halogens is 1. The van der Waals surface area contributed by atoms with Gasteiger partial charge >= 0.3 is 7.12 Å². The number of hydrogen-bond acceptors (Lipinski definition) is 3. The highest BCUT2D eigenvalue weighted by Crippen LogP contribution is 2.36. The van der Waals surface area contributed by atoms with Gasteiger partial charge in [-0.2, -0.15) is 0 Å². The van der Waals surface area contributed by atoms with Gasteiger partial charge in [0.25, 0.3) is 0 Å². The van der Waals surface area contributed by atoms with Gasteiger partial charge in [-0.15, -0.1) is 0 Å². The molecule has 3 nitrogen and oxygen atoms in total. The summed E-state index contributed by atoms with van der Waals surface area (Å²) in [6.45, 7) is 7.99. The Balaban J connectivity index is 2.06. The highest BCUT2D eigenvalue weighted by molar-refractivity contribution is 6.52. The molecule has 0 aromatic carbocycles. The van der Waals surface area contributed by atoms with Crippen molar-refractivity contribution in [1.82, 2.24) is 4.98 Å². The minimum atomic E-state index is -0.401. The SMILES string of the molecule is CC1(C)OB(/C=C/c2ccc(F)cn2)OC1(C)C. The van der Waals surface area contributed by atoms with Gasteiger partial charge in [0.2, 0.25) is 0 Å². The fourth-order valence-electron chi connectivity index (χ4n) is 1.63. The maximum Gasteiger partial charge on any atom is 0.487 e. The standard InChI is InChI=1S/C13H17BFNO2/c1-12(2)13(3,4)18-14(17-12)8-7-11-6-5-10(15)9-16-11/h5-9H,1-4H3/b8-7+. The number of hydrogen-bond donors (Lipinski definition) is 0. The van der Waals surface area contributed by atoms with Crippen molar-refractivity contribution >= 4 is 13.2 Å². The third kappa shape index (κ3) is 2.62. The molecule has 2 rings (SSSR count). The number of rotatable bonds is 2. The van der Waals surface area contributed by atoms with Crippen molar-refractivity contribution in [2.45, 2.75) is 38.9 Å². The second kappa shape index (κ2) is 4.48. The molecule has 2 heterocycles. The van der Waals surface area contributed by atoms with E-state index in [-0.39, 0.29) is 17.0 Å². The number of pyridine rings is 1. The molecule has 1 aromatic rings. The number of nitrogens with zero attached hydrogens (tertiary/aromatic N) is 1. The fraction of sp³-hybridized carbons (Fsp3) is 0.462. The zero-order chi connectivity index (χ0) is 13.4. The van der Waals surface area contributed by atoms with E-state index < -0.39 is 7.12 Å². The summed E-state index contributed by atoms with van der Waals surface area (Å²) in [7, 11) is -0.401. The van der Waals surface area contributed by atoms with E-state index in [1.807, 2.05) is 27.7 Å². The zero-order valence-corrected chi connectivity index (χ0v) is 11.1. The molecule has 0 aliphatic carbocycles. The Kier molecular flexibility index (Phi) is 3.30. The second-order valence-electron chi connectivity index (χ2n) is 5.39. The molecular weight excluding hydrogens is 232 g/mol. The minimum Gasteiger partial charge on any atom is -0.400 e. The van der Waals surface area contributed by atoms with E-state index in [1.54, 1.807) is 18.1 Å². The van der Waals surface area contributed by atoms with E-state index >= 15 is 0 Å². The molecule has 1 aliphatic heterocycles. The van der Waals surface area contributed by atoms with E-state index in [0.29, 0.717) is 5.69 Å². The summed E-state index contributed by atoms with van der Waals surface area (Å²) in [6, 6.07) is 2.98. The molecule has 0 N–H and O–H groups in total. The first-order valence-corrected chi connectivity index (χ1v) is 5.96. The molecule has 5 heteroatoms. The van der Waals surface area contributed by atoms with E-state index in [4.69, 9.17) is 9.31 Å². The molecule has 18 heavy (non-hydrogen) atoms. The lowest BCUT2D eigenvalue weighted by molar-refractivity contribution is 0.00578. The Hall–Kier alpha value is -1.20. The Labute approximate surface area is 107 Å². The smallest absolute Gasteiger partial charge is 0.400 e. The first kappa shape index (κ1) is 13.2. The van der Waals surface area contributed by atoms with Gasteiger partial charge in [0.05, 0.1) is 23.1 Å². The van der Waals surface area contributed by atoms with Crippen LogP contribution in [0.1, 0.15) is 33.4 Å². The van der Waals surface area contributed by atoms with Crippen molar-refractivity contribution < 1.29 is 13.7 Å². The van der Waals surface area contributed by atoms with Gasteiger partial charge in [-0.25, -0.2) is 4.39 Å². The highest BCUT2D eigenvalue weighted by Gasteiger charge is 2.49. The van der Waals surface area contributed by atoms with E-state index in [0.717, 1.165) is 0 Å². The average Bonchev–Trinajstić information content (AvgIpc) is 2.47. The third-order valence-electron chi connectivity index (χ3n) is 3.45. The Morgan fingerprint density at radius 1 is 1.17 bits per heavy atom.